The fourth-order valence-electron chi connectivity index (χ4n) is 2.02. The third-order valence-corrected chi connectivity index (χ3v) is 4.01. The Bertz CT molecular complexity index is 643. The molecule has 0 saturated carbocycles. The summed E-state index contributed by atoms with van der Waals surface area (Å²) in [6.45, 7) is 2.00. The van der Waals surface area contributed by atoms with Gasteiger partial charge in [-0.3, -0.25) is 4.21 Å². The monoisotopic (exact) mass is 309 g/mol. The highest BCUT2D eigenvalue weighted by Crippen LogP contribution is 2.31. The lowest BCUT2D eigenvalue weighted by Gasteiger charge is -2.14. The first-order chi connectivity index (χ1) is 10.0. The molecule has 7 nitrogen and oxygen atoms in total. The summed E-state index contributed by atoms with van der Waals surface area (Å²) in [6, 6.07) is 5.39. The molecule has 0 spiro atoms. The fourth-order valence-corrected chi connectivity index (χ4v) is 2.69. The maximum atomic E-state index is 11.2. The Kier molecular flexibility index (Phi) is 4.89. The van der Waals surface area contributed by atoms with Crippen molar-refractivity contribution in [1.82, 2.24) is 20.2 Å². The molecule has 0 aliphatic rings. The van der Waals surface area contributed by atoms with Crippen LogP contribution in [0.4, 0.5) is 5.69 Å². The second-order valence-corrected chi connectivity index (χ2v) is 6.38. The van der Waals surface area contributed by atoms with E-state index in [2.05, 4.69) is 15.5 Å². The minimum absolute atomic E-state index is 0.0427. The molecule has 2 N–H and O–H groups in total. The molecule has 2 rings (SSSR count). The lowest BCUT2D eigenvalue weighted by atomic mass is 10.1. The topological polar surface area (TPSA) is 95.9 Å². The van der Waals surface area contributed by atoms with Gasteiger partial charge in [0.05, 0.1) is 18.7 Å². The van der Waals surface area contributed by atoms with Gasteiger partial charge in [-0.25, -0.2) is 4.68 Å². The second kappa shape index (κ2) is 6.66. The second-order valence-electron chi connectivity index (χ2n) is 4.82. The van der Waals surface area contributed by atoms with Crippen molar-refractivity contribution in [1.29, 1.82) is 0 Å². The van der Waals surface area contributed by atoms with E-state index in [1.54, 1.807) is 30.2 Å². The van der Waals surface area contributed by atoms with Gasteiger partial charge in [0.25, 0.3) is 0 Å². The molecule has 2 unspecified atom stereocenters. The molecular weight excluding hydrogens is 290 g/mol. The molecular formula is C13H19N5O2S. The molecule has 0 aliphatic heterocycles. The van der Waals surface area contributed by atoms with Crippen molar-refractivity contribution in [3.63, 3.8) is 0 Å². The number of anilines is 1. The standard InChI is InChI=1S/C13H19N5O2S/c1-9(6-7-21(3)19)18-13(15-16-17-18)11-5-4-10(14)8-12(11)20-2/h4-5,8-9H,6-7,14H2,1-3H3. The van der Waals surface area contributed by atoms with Crippen molar-refractivity contribution in [2.75, 3.05) is 24.9 Å². The van der Waals surface area contributed by atoms with Crippen LogP contribution in [0.15, 0.2) is 18.2 Å². The smallest absolute Gasteiger partial charge is 0.186 e. The summed E-state index contributed by atoms with van der Waals surface area (Å²) in [7, 11) is 0.748. The van der Waals surface area contributed by atoms with Crippen molar-refractivity contribution >= 4 is 16.5 Å². The minimum atomic E-state index is -0.831. The molecule has 0 amide bonds. The number of rotatable bonds is 6. The number of nitrogens with zero attached hydrogens (tertiary/aromatic N) is 4. The Balaban J connectivity index is 2.34. The van der Waals surface area contributed by atoms with Crippen LogP contribution in [0.5, 0.6) is 5.75 Å². The molecule has 0 radical (unpaired) electrons. The van der Waals surface area contributed by atoms with Crippen molar-refractivity contribution < 1.29 is 8.95 Å². The Morgan fingerprint density at radius 1 is 1.48 bits per heavy atom. The number of hydrogen-bond acceptors (Lipinski definition) is 6. The lowest BCUT2D eigenvalue weighted by Crippen LogP contribution is -2.12. The van der Waals surface area contributed by atoms with Crippen LogP contribution in [-0.2, 0) is 10.8 Å². The van der Waals surface area contributed by atoms with Crippen molar-refractivity contribution in [2.24, 2.45) is 0 Å². The van der Waals surface area contributed by atoms with Gasteiger partial charge in [0.2, 0.25) is 0 Å². The van der Waals surface area contributed by atoms with E-state index < -0.39 is 10.8 Å². The number of tetrazole rings is 1. The maximum absolute atomic E-state index is 11.2. The van der Waals surface area contributed by atoms with E-state index in [1.807, 2.05) is 13.0 Å². The van der Waals surface area contributed by atoms with Gasteiger partial charge in [-0.05, 0) is 35.9 Å². The molecule has 2 aromatic rings. The Hall–Kier alpha value is -1.96. The van der Waals surface area contributed by atoms with Gasteiger partial charge in [0, 0.05) is 34.6 Å². The van der Waals surface area contributed by atoms with E-state index in [1.165, 1.54) is 0 Å². The zero-order chi connectivity index (χ0) is 15.4. The van der Waals surface area contributed by atoms with Gasteiger partial charge >= 0.3 is 0 Å². The zero-order valence-corrected chi connectivity index (χ0v) is 13.1. The highest BCUT2D eigenvalue weighted by atomic mass is 32.2. The SMILES string of the molecule is COc1cc(N)ccc1-c1nnnn1C(C)CCS(C)=O. The van der Waals surface area contributed by atoms with E-state index in [0.29, 0.717) is 23.0 Å². The summed E-state index contributed by atoms with van der Waals surface area (Å²) >= 11 is 0. The molecule has 1 aromatic heterocycles. The first kappa shape index (κ1) is 15.4. The number of hydrogen-bond donors (Lipinski definition) is 1. The van der Waals surface area contributed by atoms with E-state index in [9.17, 15) is 4.21 Å². The van der Waals surface area contributed by atoms with Crippen LogP contribution >= 0.6 is 0 Å². The predicted octanol–water partition coefficient (Wildman–Crippen LogP) is 1.26. The van der Waals surface area contributed by atoms with Crippen LogP contribution in [0.2, 0.25) is 0 Å². The Labute approximate surface area is 125 Å². The Morgan fingerprint density at radius 3 is 2.90 bits per heavy atom. The molecule has 0 fully saturated rings. The number of aromatic nitrogens is 4. The van der Waals surface area contributed by atoms with Gasteiger partial charge < -0.3 is 10.5 Å². The van der Waals surface area contributed by atoms with Gasteiger partial charge in [-0.1, -0.05) is 0 Å². The van der Waals surface area contributed by atoms with Crippen molar-refractivity contribution in [3.05, 3.63) is 18.2 Å². The molecule has 1 aromatic carbocycles. The van der Waals surface area contributed by atoms with Gasteiger partial charge in [-0.15, -0.1) is 5.10 Å². The molecule has 8 heteroatoms. The quantitative estimate of drug-likeness (QED) is 0.807. The maximum Gasteiger partial charge on any atom is 0.186 e. The van der Waals surface area contributed by atoms with Crippen molar-refractivity contribution in [2.45, 2.75) is 19.4 Å². The third-order valence-electron chi connectivity index (χ3n) is 3.20. The number of nitrogens with two attached hydrogens (primary N) is 1. The molecule has 114 valence electrons. The zero-order valence-electron chi connectivity index (χ0n) is 12.3. The van der Waals surface area contributed by atoms with E-state index in [4.69, 9.17) is 10.5 Å². The van der Waals surface area contributed by atoms with Gasteiger partial charge in [-0.2, -0.15) is 0 Å². The fraction of sp³-hybridized carbons (Fsp3) is 0.462. The van der Waals surface area contributed by atoms with Gasteiger partial charge in [0.15, 0.2) is 5.82 Å². The molecule has 0 bridgehead atoms. The minimum Gasteiger partial charge on any atom is -0.496 e. The van der Waals surface area contributed by atoms with E-state index in [-0.39, 0.29) is 6.04 Å². The summed E-state index contributed by atoms with van der Waals surface area (Å²) in [6.07, 6.45) is 2.43. The highest BCUT2D eigenvalue weighted by molar-refractivity contribution is 7.84. The summed E-state index contributed by atoms with van der Waals surface area (Å²) in [4.78, 5) is 0. The molecule has 0 saturated heterocycles. The molecule has 1 heterocycles. The predicted molar refractivity (Wildman–Crippen MR) is 82.5 cm³/mol. The number of nitrogen functional groups attached to an aromatic ring is 1. The summed E-state index contributed by atoms with van der Waals surface area (Å²) in [5.74, 6) is 1.85. The number of benzene rings is 1. The normalized spacial score (nSPS) is 13.9. The van der Waals surface area contributed by atoms with Crippen LogP contribution in [0.3, 0.4) is 0 Å². The van der Waals surface area contributed by atoms with Crippen molar-refractivity contribution in [3.8, 4) is 17.1 Å². The molecule has 2 atom stereocenters. The average Bonchev–Trinajstić information content (AvgIpc) is 2.93. The first-order valence-electron chi connectivity index (χ1n) is 6.54. The summed E-state index contributed by atoms with van der Waals surface area (Å²) < 4.78 is 18.3. The summed E-state index contributed by atoms with van der Waals surface area (Å²) in [5.41, 5.74) is 7.16. The first-order valence-corrected chi connectivity index (χ1v) is 8.27. The number of methoxy groups -OCH3 is 1. The van der Waals surface area contributed by atoms with Crippen LogP contribution < -0.4 is 10.5 Å². The molecule has 21 heavy (non-hydrogen) atoms. The lowest BCUT2D eigenvalue weighted by molar-refractivity contribution is 0.414. The Morgan fingerprint density at radius 2 is 2.24 bits per heavy atom. The molecule has 0 aliphatic carbocycles. The third kappa shape index (κ3) is 3.57. The van der Waals surface area contributed by atoms with E-state index in [0.717, 1.165) is 12.0 Å². The number of ether oxygens (including phenoxy) is 1. The largest absolute Gasteiger partial charge is 0.496 e. The van der Waals surface area contributed by atoms with E-state index >= 15 is 0 Å². The van der Waals surface area contributed by atoms with Crippen LogP contribution in [-0.4, -0.2) is 43.5 Å². The van der Waals surface area contributed by atoms with Crippen LogP contribution in [0, 0.1) is 0 Å². The van der Waals surface area contributed by atoms with Crippen LogP contribution in [0.1, 0.15) is 19.4 Å². The van der Waals surface area contributed by atoms with Gasteiger partial charge in [0.1, 0.15) is 5.75 Å². The van der Waals surface area contributed by atoms with Crippen LogP contribution in [0.25, 0.3) is 11.4 Å². The average molecular weight is 309 g/mol. The summed E-state index contributed by atoms with van der Waals surface area (Å²) in [5, 5.41) is 11.9. The highest BCUT2D eigenvalue weighted by Gasteiger charge is 2.18.